The highest BCUT2D eigenvalue weighted by atomic mass is 32.2. The summed E-state index contributed by atoms with van der Waals surface area (Å²) in [5.41, 5.74) is 3.94. The number of benzene rings is 1. The number of phenols is 1. The molecule has 23 heavy (non-hydrogen) atoms. The number of hydrogen-bond donors (Lipinski definition) is 1. The van der Waals surface area contributed by atoms with E-state index in [0.717, 1.165) is 32.1 Å². The fourth-order valence-corrected chi connectivity index (χ4v) is 4.96. The van der Waals surface area contributed by atoms with Crippen molar-refractivity contribution < 1.29 is 5.11 Å². The Labute approximate surface area is 152 Å². The second-order valence-corrected chi connectivity index (χ2v) is 7.79. The molecule has 0 aliphatic carbocycles. The molecular weight excluding hydrogens is 320 g/mol. The molecule has 1 nitrogen and oxygen atoms in total. The lowest BCUT2D eigenvalue weighted by molar-refractivity contribution is 0.452. The number of hydrogen-bond acceptors (Lipinski definition) is 3. The molecule has 0 radical (unpaired) electrons. The van der Waals surface area contributed by atoms with Crippen LogP contribution in [0.5, 0.6) is 5.75 Å². The minimum absolute atomic E-state index is 0.598. The zero-order valence-corrected chi connectivity index (χ0v) is 17.3. The maximum Gasteiger partial charge on any atom is 0.124 e. The summed E-state index contributed by atoms with van der Waals surface area (Å²) in [6.45, 7) is 6.71. The summed E-state index contributed by atoms with van der Waals surface area (Å²) in [5, 5.41) is 11.0. The van der Waals surface area contributed by atoms with Crippen LogP contribution in [0.2, 0.25) is 0 Å². The third kappa shape index (κ3) is 5.35. The van der Waals surface area contributed by atoms with E-state index in [1.54, 1.807) is 0 Å². The first-order valence-electron chi connectivity index (χ1n) is 9.13. The van der Waals surface area contributed by atoms with Crippen molar-refractivity contribution in [2.75, 3.05) is 12.5 Å². The van der Waals surface area contributed by atoms with Gasteiger partial charge in [-0.05, 0) is 56.6 Å². The van der Waals surface area contributed by atoms with Gasteiger partial charge in [0.15, 0.2) is 0 Å². The Kier molecular flexibility index (Phi) is 10.2. The first kappa shape index (κ1) is 20.8. The minimum Gasteiger partial charge on any atom is -0.507 e. The van der Waals surface area contributed by atoms with E-state index < -0.39 is 0 Å². The van der Waals surface area contributed by atoms with Gasteiger partial charge in [0, 0.05) is 20.9 Å². The Morgan fingerprint density at radius 2 is 1.00 bits per heavy atom. The molecule has 0 aliphatic rings. The largest absolute Gasteiger partial charge is 0.507 e. The Bertz CT molecular complexity index is 446. The normalized spacial score (nSPS) is 11.2. The van der Waals surface area contributed by atoms with Crippen molar-refractivity contribution >= 4 is 23.5 Å². The standard InChI is InChI=1S/C20H34OS2/c1-6-9-12-15-18(21)16(13-10-7-2)20(23-5)17(14-11-8-3)19(15)22-4/h21H,6-14H2,1-5H3. The summed E-state index contributed by atoms with van der Waals surface area (Å²) in [6, 6.07) is 0. The van der Waals surface area contributed by atoms with E-state index >= 15 is 0 Å². The molecule has 0 aromatic heterocycles. The van der Waals surface area contributed by atoms with Crippen LogP contribution in [0.25, 0.3) is 0 Å². The molecule has 0 saturated heterocycles. The van der Waals surface area contributed by atoms with Crippen LogP contribution in [0, 0.1) is 0 Å². The molecule has 1 rings (SSSR count). The molecular formula is C20H34OS2. The van der Waals surface area contributed by atoms with Crippen molar-refractivity contribution in [2.45, 2.75) is 88.3 Å². The van der Waals surface area contributed by atoms with E-state index in [2.05, 4.69) is 33.3 Å². The van der Waals surface area contributed by atoms with Gasteiger partial charge in [-0.25, -0.2) is 0 Å². The maximum atomic E-state index is 11.0. The Morgan fingerprint density at radius 3 is 1.30 bits per heavy atom. The monoisotopic (exact) mass is 354 g/mol. The third-order valence-electron chi connectivity index (χ3n) is 4.42. The van der Waals surface area contributed by atoms with E-state index in [4.69, 9.17) is 0 Å². The van der Waals surface area contributed by atoms with Crippen LogP contribution in [0.4, 0.5) is 0 Å². The summed E-state index contributed by atoms with van der Waals surface area (Å²) in [6.07, 6.45) is 14.6. The second-order valence-electron chi connectivity index (χ2n) is 6.16. The van der Waals surface area contributed by atoms with Gasteiger partial charge in [0.05, 0.1) is 0 Å². The van der Waals surface area contributed by atoms with Crippen molar-refractivity contribution in [1.82, 2.24) is 0 Å². The predicted molar refractivity (Wildman–Crippen MR) is 108 cm³/mol. The molecule has 132 valence electrons. The van der Waals surface area contributed by atoms with Crippen molar-refractivity contribution in [3.63, 3.8) is 0 Å². The molecule has 0 amide bonds. The first-order valence-corrected chi connectivity index (χ1v) is 11.6. The summed E-state index contributed by atoms with van der Waals surface area (Å²) >= 11 is 3.65. The maximum absolute atomic E-state index is 11.0. The molecule has 0 saturated carbocycles. The van der Waals surface area contributed by atoms with Crippen molar-refractivity contribution in [3.05, 3.63) is 16.7 Å². The minimum atomic E-state index is 0.598. The molecule has 1 aromatic carbocycles. The molecule has 0 heterocycles. The van der Waals surface area contributed by atoms with E-state index in [9.17, 15) is 5.11 Å². The van der Waals surface area contributed by atoms with Gasteiger partial charge in [-0.15, -0.1) is 23.5 Å². The van der Waals surface area contributed by atoms with Gasteiger partial charge in [0.25, 0.3) is 0 Å². The molecule has 1 aromatic rings. The number of unbranched alkanes of at least 4 members (excludes halogenated alkanes) is 3. The van der Waals surface area contributed by atoms with Crippen molar-refractivity contribution in [1.29, 1.82) is 0 Å². The summed E-state index contributed by atoms with van der Waals surface area (Å²) in [4.78, 5) is 2.71. The molecule has 0 bridgehead atoms. The Balaban J connectivity index is 3.47. The molecule has 1 N–H and O–H groups in total. The highest BCUT2D eigenvalue weighted by molar-refractivity contribution is 7.99. The van der Waals surface area contributed by atoms with Crippen LogP contribution in [0.1, 0.15) is 76.0 Å². The highest BCUT2D eigenvalue weighted by Crippen LogP contribution is 2.44. The van der Waals surface area contributed by atoms with E-state index in [-0.39, 0.29) is 0 Å². The summed E-state index contributed by atoms with van der Waals surface area (Å²) in [7, 11) is 0. The van der Waals surface area contributed by atoms with Crippen LogP contribution in [0.15, 0.2) is 9.79 Å². The molecule has 0 atom stereocenters. The lowest BCUT2D eigenvalue weighted by atomic mass is 9.94. The third-order valence-corrected chi connectivity index (χ3v) is 6.22. The predicted octanol–water partition coefficient (Wildman–Crippen LogP) is 6.86. The lowest BCUT2D eigenvalue weighted by Gasteiger charge is -2.23. The van der Waals surface area contributed by atoms with Crippen molar-refractivity contribution in [2.24, 2.45) is 0 Å². The number of rotatable bonds is 11. The van der Waals surface area contributed by atoms with Crippen LogP contribution < -0.4 is 0 Å². The zero-order valence-electron chi connectivity index (χ0n) is 15.6. The Hall–Kier alpha value is -0.280. The summed E-state index contributed by atoms with van der Waals surface area (Å²) in [5.74, 6) is 0.598. The van der Waals surface area contributed by atoms with Gasteiger partial charge in [0.1, 0.15) is 5.75 Å². The molecule has 0 aliphatic heterocycles. The molecule has 0 spiro atoms. The Morgan fingerprint density at radius 1 is 0.652 bits per heavy atom. The zero-order chi connectivity index (χ0) is 17.2. The fraction of sp³-hybridized carbons (Fsp3) is 0.700. The highest BCUT2D eigenvalue weighted by Gasteiger charge is 2.22. The SMILES string of the molecule is CCCCc1c(O)c(CCCC)c(SC)c(CCCC)c1SC. The van der Waals surface area contributed by atoms with Crippen LogP contribution in [-0.4, -0.2) is 17.6 Å². The van der Waals surface area contributed by atoms with E-state index in [1.807, 2.05) is 23.5 Å². The lowest BCUT2D eigenvalue weighted by Crippen LogP contribution is -2.04. The van der Waals surface area contributed by atoms with Crippen LogP contribution in [-0.2, 0) is 19.3 Å². The topological polar surface area (TPSA) is 20.2 Å². The molecule has 3 heteroatoms. The van der Waals surface area contributed by atoms with Gasteiger partial charge < -0.3 is 5.11 Å². The first-order chi connectivity index (χ1) is 11.2. The average molecular weight is 355 g/mol. The van der Waals surface area contributed by atoms with Crippen molar-refractivity contribution in [3.8, 4) is 5.75 Å². The van der Waals surface area contributed by atoms with Crippen LogP contribution >= 0.6 is 23.5 Å². The number of aromatic hydroxyl groups is 1. The van der Waals surface area contributed by atoms with Crippen LogP contribution in [0.3, 0.4) is 0 Å². The number of thioether (sulfide) groups is 2. The average Bonchev–Trinajstić information content (AvgIpc) is 2.57. The fourth-order valence-electron chi connectivity index (χ4n) is 3.11. The van der Waals surface area contributed by atoms with E-state index in [1.165, 1.54) is 52.2 Å². The molecule has 0 unspecified atom stereocenters. The van der Waals surface area contributed by atoms with Gasteiger partial charge in [-0.1, -0.05) is 40.0 Å². The van der Waals surface area contributed by atoms with Gasteiger partial charge in [0.2, 0.25) is 0 Å². The smallest absolute Gasteiger partial charge is 0.124 e. The molecule has 0 fully saturated rings. The summed E-state index contributed by atoms with van der Waals surface area (Å²) < 4.78 is 0. The number of phenolic OH excluding ortho intramolecular Hbond substituents is 1. The van der Waals surface area contributed by atoms with E-state index in [0.29, 0.717) is 5.75 Å². The van der Waals surface area contributed by atoms with Gasteiger partial charge >= 0.3 is 0 Å². The van der Waals surface area contributed by atoms with Gasteiger partial charge in [-0.3, -0.25) is 0 Å². The quantitative estimate of drug-likeness (QED) is 0.438. The van der Waals surface area contributed by atoms with Gasteiger partial charge in [-0.2, -0.15) is 0 Å². The second kappa shape index (κ2) is 11.3.